The first kappa shape index (κ1) is 16.0. The number of nitrogens with zero attached hydrogens (tertiary/aromatic N) is 1. The fourth-order valence-electron chi connectivity index (χ4n) is 2.65. The van der Waals surface area contributed by atoms with Gasteiger partial charge >= 0.3 is 6.18 Å². The molecule has 0 aromatic heterocycles. The van der Waals surface area contributed by atoms with E-state index in [0.29, 0.717) is 26.2 Å². The minimum absolute atomic E-state index is 0.106. The number of nitrogens with one attached hydrogen (secondary N) is 1. The van der Waals surface area contributed by atoms with Crippen LogP contribution < -0.4 is 10.1 Å². The van der Waals surface area contributed by atoms with Crippen LogP contribution in [-0.2, 0) is 0 Å². The van der Waals surface area contributed by atoms with Gasteiger partial charge in [-0.25, -0.2) is 4.39 Å². The Bertz CT molecular complexity index is 473. The largest absolute Gasteiger partial charge is 0.493 e. The SMILES string of the molecule is COc1c(F)cccc1[C@@H](CC(F)(F)F)N1CCNCC1. The van der Waals surface area contributed by atoms with Crippen molar-refractivity contribution in [2.45, 2.75) is 18.6 Å². The first-order valence-electron chi connectivity index (χ1n) is 6.76. The second-order valence-electron chi connectivity index (χ2n) is 4.98. The molecule has 0 saturated carbocycles. The molecule has 7 heteroatoms. The van der Waals surface area contributed by atoms with Crippen molar-refractivity contribution >= 4 is 0 Å². The summed E-state index contributed by atoms with van der Waals surface area (Å²) in [5.74, 6) is -0.748. The lowest BCUT2D eigenvalue weighted by atomic mass is 9.99. The van der Waals surface area contributed by atoms with Gasteiger partial charge in [0.15, 0.2) is 11.6 Å². The molecule has 1 N–H and O–H groups in total. The summed E-state index contributed by atoms with van der Waals surface area (Å²) >= 11 is 0. The summed E-state index contributed by atoms with van der Waals surface area (Å²) in [6, 6.07) is 3.17. The van der Waals surface area contributed by atoms with E-state index < -0.39 is 24.5 Å². The van der Waals surface area contributed by atoms with Gasteiger partial charge in [-0.05, 0) is 6.07 Å². The van der Waals surface area contributed by atoms with Crippen LogP contribution in [0.25, 0.3) is 0 Å². The Morgan fingerprint density at radius 1 is 1.29 bits per heavy atom. The maximum Gasteiger partial charge on any atom is 0.390 e. The van der Waals surface area contributed by atoms with Crippen LogP contribution in [0.15, 0.2) is 18.2 Å². The van der Waals surface area contributed by atoms with E-state index in [2.05, 4.69) is 5.32 Å². The number of halogens is 4. The molecule has 2 rings (SSSR count). The van der Waals surface area contributed by atoms with Crippen molar-refractivity contribution in [1.82, 2.24) is 10.2 Å². The van der Waals surface area contributed by atoms with Gasteiger partial charge in [-0.15, -0.1) is 0 Å². The third-order valence-corrected chi connectivity index (χ3v) is 3.58. The van der Waals surface area contributed by atoms with Crippen LogP contribution in [0.1, 0.15) is 18.0 Å². The highest BCUT2D eigenvalue weighted by Gasteiger charge is 2.37. The van der Waals surface area contributed by atoms with Crippen molar-refractivity contribution in [3.8, 4) is 5.75 Å². The molecule has 1 heterocycles. The van der Waals surface area contributed by atoms with Gasteiger partial charge in [0.1, 0.15) is 0 Å². The van der Waals surface area contributed by atoms with Gasteiger partial charge in [-0.2, -0.15) is 13.2 Å². The highest BCUT2D eigenvalue weighted by atomic mass is 19.4. The first-order chi connectivity index (χ1) is 9.92. The van der Waals surface area contributed by atoms with Crippen molar-refractivity contribution in [2.24, 2.45) is 0 Å². The third kappa shape index (κ3) is 4.07. The van der Waals surface area contributed by atoms with E-state index in [4.69, 9.17) is 4.74 Å². The quantitative estimate of drug-likeness (QED) is 0.866. The topological polar surface area (TPSA) is 24.5 Å². The summed E-state index contributed by atoms with van der Waals surface area (Å²) in [6.07, 6.45) is -5.35. The molecule has 1 atom stereocenters. The minimum atomic E-state index is -4.33. The van der Waals surface area contributed by atoms with E-state index in [1.165, 1.54) is 25.3 Å². The summed E-state index contributed by atoms with van der Waals surface area (Å²) in [4.78, 5) is 1.72. The zero-order valence-corrected chi connectivity index (χ0v) is 11.7. The lowest BCUT2D eigenvalue weighted by molar-refractivity contribution is -0.148. The number of rotatable bonds is 4. The molecule has 118 valence electrons. The van der Waals surface area contributed by atoms with Gasteiger partial charge < -0.3 is 10.1 Å². The van der Waals surface area contributed by atoms with Crippen LogP contribution in [0.2, 0.25) is 0 Å². The molecular weight excluding hydrogens is 288 g/mol. The van der Waals surface area contributed by atoms with E-state index in [-0.39, 0.29) is 11.3 Å². The third-order valence-electron chi connectivity index (χ3n) is 3.58. The Kier molecular flexibility index (Phi) is 5.05. The van der Waals surface area contributed by atoms with Crippen molar-refractivity contribution in [3.63, 3.8) is 0 Å². The molecule has 1 aromatic rings. The second kappa shape index (κ2) is 6.62. The van der Waals surface area contributed by atoms with Gasteiger partial charge in [-0.1, -0.05) is 12.1 Å². The Balaban J connectivity index is 2.36. The fourth-order valence-corrected chi connectivity index (χ4v) is 2.65. The van der Waals surface area contributed by atoms with Crippen molar-refractivity contribution < 1.29 is 22.3 Å². The molecular formula is C14H18F4N2O. The molecule has 1 aliphatic rings. The highest BCUT2D eigenvalue weighted by Crippen LogP contribution is 2.38. The lowest BCUT2D eigenvalue weighted by Crippen LogP contribution is -2.46. The number of alkyl halides is 3. The molecule has 0 amide bonds. The fraction of sp³-hybridized carbons (Fsp3) is 0.571. The number of ether oxygens (including phenoxy) is 1. The summed E-state index contributed by atoms with van der Waals surface area (Å²) in [7, 11) is 1.27. The van der Waals surface area contributed by atoms with Gasteiger partial charge in [0.25, 0.3) is 0 Å². The van der Waals surface area contributed by atoms with Crippen LogP contribution in [-0.4, -0.2) is 44.4 Å². The first-order valence-corrected chi connectivity index (χ1v) is 6.76. The van der Waals surface area contributed by atoms with Crippen LogP contribution in [0.3, 0.4) is 0 Å². The molecule has 0 spiro atoms. The standard InChI is InChI=1S/C14H18F4N2O/c1-21-13-10(3-2-4-11(13)15)12(9-14(16,17)18)20-7-5-19-6-8-20/h2-4,12,19H,5-9H2,1H3/t12-/m1/s1. The average Bonchev–Trinajstić information content (AvgIpc) is 2.44. The predicted molar refractivity (Wildman–Crippen MR) is 70.8 cm³/mol. The molecule has 0 radical (unpaired) electrons. The number of hydrogen-bond donors (Lipinski definition) is 1. The summed E-state index contributed by atoms with van der Waals surface area (Å²) in [5, 5.41) is 3.10. The number of benzene rings is 1. The maximum atomic E-state index is 13.8. The number of methoxy groups -OCH3 is 1. The number of para-hydroxylation sites is 1. The summed E-state index contributed by atoms with van der Waals surface area (Å²) in [6.45, 7) is 2.21. The normalized spacial score (nSPS) is 18.5. The Morgan fingerprint density at radius 3 is 2.52 bits per heavy atom. The minimum Gasteiger partial charge on any atom is -0.493 e. The van der Waals surface area contributed by atoms with Crippen molar-refractivity contribution in [3.05, 3.63) is 29.6 Å². The molecule has 3 nitrogen and oxygen atoms in total. The monoisotopic (exact) mass is 306 g/mol. The average molecular weight is 306 g/mol. The number of piperazine rings is 1. The molecule has 1 fully saturated rings. The Hall–Kier alpha value is -1.34. The second-order valence-corrected chi connectivity index (χ2v) is 4.98. The smallest absolute Gasteiger partial charge is 0.390 e. The zero-order chi connectivity index (χ0) is 15.5. The van der Waals surface area contributed by atoms with E-state index in [1.807, 2.05) is 0 Å². The van der Waals surface area contributed by atoms with E-state index >= 15 is 0 Å². The molecule has 1 aliphatic heterocycles. The molecule has 1 saturated heterocycles. The van der Waals surface area contributed by atoms with Gasteiger partial charge in [0.2, 0.25) is 0 Å². The van der Waals surface area contributed by atoms with Gasteiger partial charge in [0, 0.05) is 37.8 Å². The van der Waals surface area contributed by atoms with E-state index in [0.717, 1.165) is 0 Å². The predicted octanol–water partition coefficient (Wildman–Crippen LogP) is 2.73. The van der Waals surface area contributed by atoms with Gasteiger partial charge in [-0.3, -0.25) is 4.90 Å². The van der Waals surface area contributed by atoms with Crippen LogP contribution >= 0.6 is 0 Å². The zero-order valence-electron chi connectivity index (χ0n) is 11.7. The maximum absolute atomic E-state index is 13.8. The van der Waals surface area contributed by atoms with Gasteiger partial charge in [0.05, 0.1) is 13.5 Å². The van der Waals surface area contributed by atoms with Crippen LogP contribution in [0.5, 0.6) is 5.75 Å². The van der Waals surface area contributed by atoms with Crippen molar-refractivity contribution in [2.75, 3.05) is 33.3 Å². The Labute approximate surface area is 120 Å². The molecule has 0 aliphatic carbocycles. The van der Waals surface area contributed by atoms with E-state index in [9.17, 15) is 17.6 Å². The molecule has 0 bridgehead atoms. The lowest BCUT2D eigenvalue weighted by Gasteiger charge is -2.36. The molecule has 21 heavy (non-hydrogen) atoms. The van der Waals surface area contributed by atoms with E-state index in [1.54, 1.807) is 4.90 Å². The van der Waals surface area contributed by atoms with Crippen molar-refractivity contribution in [1.29, 1.82) is 0 Å². The number of hydrogen-bond acceptors (Lipinski definition) is 3. The summed E-state index contributed by atoms with van der Waals surface area (Å²) in [5.41, 5.74) is 0.247. The molecule has 0 unspecified atom stereocenters. The Morgan fingerprint density at radius 2 is 1.95 bits per heavy atom. The molecule has 1 aromatic carbocycles. The van der Waals surface area contributed by atoms with Crippen LogP contribution in [0, 0.1) is 5.82 Å². The summed E-state index contributed by atoms with van der Waals surface area (Å²) < 4.78 is 57.5. The van der Waals surface area contributed by atoms with Crippen LogP contribution in [0.4, 0.5) is 17.6 Å². The highest BCUT2D eigenvalue weighted by molar-refractivity contribution is 5.37.